The van der Waals surface area contributed by atoms with Crippen molar-refractivity contribution in [3.63, 3.8) is 0 Å². The van der Waals surface area contributed by atoms with Crippen molar-refractivity contribution in [1.82, 2.24) is 4.90 Å². The topological polar surface area (TPSA) is 184 Å². The van der Waals surface area contributed by atoms with E-state index in [-0.39, 0.29) is 30.1 Å². The van der Waals surface area contributed by atoms with Crippen molar-refractivity contribution in [2.24, 2.45) is 29.4 Å². The van der Waals surface area contributed by atoms with Crippen LogP contribution >= 0.6 is 0 Å². The van der Waals surface area contributed by atoms with Gasteiger partial charge in [-0.05, 0) is 67.7 Å². The molecule has 11 nitrogen and oxygen atoms in total. The lowest BCUT2D eigenvalue weighted by Gasteiger charge is -2.52. The van der Waals surface area contributed by atoms with Crippen LogP contribution in [0.2, 0.25) is 0 Å². The SMILES string of the molecule is CC(=O)Nc1ccc(-c2ccc(O)c3c2C[C@@H]2C[C@@H]4[C@@H](N(C)C)C(=O)C(C(N)=O)C(=O)[C@]4(O)C(=O)C2C3=O)cc1. The van der Waals surface area contributed by atoms with E-state index in [1.165, 1.54) is 32.0 Å². The Kier molecular flexibility index (Phi) is 6.47. The highest BCUT2D eigenvalue weighted by Gasteiger charge is 2.69. The van der Waals surface area contributed by atoms with Crippen LogP contribution in [0.1, 0.15) is 29.3 Å². The largest absolute Gasteiger partial charge is 0.507 e. The third-order valence-corrected chi connectivity index (χ3v) is 8.46. The van der Waals surface area contributed by atoms with Gasteiger partial charge in [0.15, 0.2) is 34.7 Å². The highest BCUT2D eigenvalue weighted by Crippen LogP contribution is 2.51. The molecule has 2 aromatic carbocycles. The maximum atomic E-state index is 13.9. The minimum Gasteiger partial charge on any atom is -0.507 e. The molecule has 6 atom stereocenters. The molecule has 3 aliphatic rings. The van der Waals surface area contributed by atoms with Gasteiger partial charge in [-0.2, -0.15) is 0 Å². The fraction of sp³-hybridized carbons (Fsp3) is 0.379. The molecular formula is C29H29N3O8. The minimum atomic E-state index is -2.76. The predicted octanol–water partition coefficient (Wildman–Crippen LogP) is 0.492. The number of hydrogen-bond donors (Lipinski definition) is 4. The summed E-state index contributed by atoms with van der Waals surface area (Å²) in [5, 5.41) is 25.0. The summed E-state index contributed by atoms with van der Waals surface area (Å²) in [7, 11) is 3.07. The van der Waals surface area contributed by atoms with Crippen molar-refractivity contribution in [3.05, 3.63) is 47.5 Å². The number of nitrogens with zero attached hydrogens (tertiary/aromatic N) is 1. The molecular weight excluding hydrogens is 518 g/mol. The van der Waals surface area contributed by atoms with Crippen LogP contribution in [0.3, 0.4) is 0 Å². The van der Waals surface area contributed by atoms with E-state index in [1.54, 1.807) is 30.3 Å². The third-order valence-electron chi connectivity index (χ3n) is 8.46. The number of ketones is 4. The summed E-state index contributed by atoms with van der Waals surface area (Å²) in [6.45, 7) is 1.39. The molecule has 0 aromatic heterocycles. The maximum absolute atomic E-state index is 13.9. The number of amides is 2. The number of carbonyl (C=O) groups is 6. The van der Waals surface area contributed by atoms with Gasteiger partial charge in [-0.15, -0.1) is 0 Å². The first-order chi connectivity index (χ1) is 18.8. The number of phenols is 1. The van der Waals surface area contributed by atoms with Crippen molar-refractivity contribution in [3.8, 4) is 16.9 Å². The Balaban J connectivity index is 1.61. The average molecular weight is 548 g/mol. The van der Waals surface area contributed by atoms with Crippen LogP contribution in [0, 0.1) is 23.7 Å². The van der Waals surface area contributed by atoms with Gasteiger partial charge in [-0.3, -0.25) is 33.7 Å². The number of likely N-dealkylation sites (N-methyl/N-ethyl adjacent to an activating group) is 1. The normalized spacial score (nSPS) is 29.5. The number of rotatable bonds is 4. The fourth-order valence-corrected chi connectivity index (χ4v) is 6.81. The molecule has 2 unspecified atom stereocenters. The average Bonchev–Trinajstić information content (AvgIpc) is 2.86. The zero-order chi connectivity index (χ0) is 29.3. The molecule has 2 fully saturated rings. The van der Waals surface area contributed by atoms with Crippen molar-refractivity contribution >= 4 is 40.6 Å². The van der Waals surface area contributed by atoms with E-state index in [1.807, 2.05) is 0 Å². The number of benzene rings is 2. The summed E-state index contributed by atoms with van der Waals surface area (Å²) in [5.74, 6) is -11.1. The van der Waals surface area contributed by atoms with E-state index >= 15 is 0 Å². The quantitative estimate of drug-likeness (QED) is 0.396. The summed E-state index contributed by atoms with van der Waals surface area (Å²) in [6.07, 6.45) is 0.128. The first kappa shape index (κ1) is 27.4. The molecule has 2 saturated carbocycles. The third kappa shape index (κ3) is 3.88. The lowest BCUT2D eigenvalue weighted by molar-refractivity contribution is -0.181. The first-order valence-corrected chi connectivity index (χ1v) is 12.9. The van der Waals surface area contributed by atoms with Crippen molar-refractivity contribution < 1.29 is 39.0 Å². The van der Waals surface area contributed by atoms with Crippen LogP contribution in [-0.4, -0.2) is 75.8 Å². The zero-order valence-corrected chi connectivity index (χ0v) is 22.1. The molecule has 3 aliphatic carbocycles. The van der Waals surface area contributed by atoms with Gasteiger partial charge in [-0.25, -0.2) is 0 Å². The van der Waals surface area contributed by atoms with Crippen LogP contribution < -0.4 is 11.1 Å². The Morgan fingerprint density at radius 1 is 1.02 bits per heavy atom. The lowest BCUT2D eigenvalue weighted by atomic mass is 9.52. The van der Waals surface area contributed by atoms with Crippen molar-refractivity contribution in [2.45, 2.75) is 31.4 Å². The van der Waals surface area contributed by atoms with E-state index in [9.17, 15) is 39.0 Å². The second-order valence-electron chi connectivity index (χ2n) is 11.0. The van der Waals surface area contributed by atoms with Gasteiger partial charge in [0.05, 0.1) is 17.5 Å². The molecule has 2 amide bonds. The van der Waals surface area contributed by atoms with E-state index in [0.717, 1.165) is 0 Å². The van der Waals surface area contributed by atoms with Gasteiger partial charge < -0.3 is 21.3 Å². The molecule has 0 heterocycles. The first-order valence-electron chi connectivity index (χ1n) is 12.9. The number of primary amides is 1. The van der Waals surface area contributed by atoms with Gasteiger partial charge in [0.2, 0.25) is 11.8 Å². The number of aliphatic hydroxyl groups is 1. The molecule has 2 aromatic rings. The Labute approximate surface area is 229 Å². The number of anilines is 1. The van der Waals surface area contributed by atoms with Gasteiger partial charge in [-0.1, -0.05) is 18.2 Å². The second kappa shape index (κ2) is 9.46. The number of aromatic hydroxyl groups is 1. The van der Waals surface area contributed by atoms with Crippen LogP contribution in [0.4, 0.5) is 5.69 Å². The summed E-state index contributed by atoms with van der Waals surface area (Å²) >= 11 is 0. The summed E-state index contributed by atoms with van der Waals surface area (Å²) < 4.78 is 0. The van der Waals surface area contributed by atoms with Crippen LogP contribution in [0.15, 0.2) is 36.4 Å². The van der Waals surface area contributed by atoms with Crippen molar-refractivity contribution in [2.75, 3.05) is 19.4 Å². The van der Waals surface area contributed by atoms with Gasteiger partial charge in [0, 0.05) is 18.5 Å². The number of phenolic OH excluding ortho intramolecular Hbond substituents is 1. The van der Waals surface area contributed by atoms with E-state index in [0.29, 0.717) is 22.4 Å². The Bertz CT molecular complexity index is 1500. The Morgan fingerprint density at radius 2 is 1.68 bits per heavy atom. The zero-order valence-electron chi connectivity index (χ0n) is 22.1. The van der Waals surface area contributed by atoms with Crippen LogP contribution in [0.25, 0.3) is 11.1 Å². The van der Waals surface area contributed by atoms with E-state index < -0.39 is 64.4 Å². The number of Topliss-reactive ketones (excluding diaryl/α,β-unsaturated/α-hetero) is 4. The monoisotopic (exact) mass is 547 g/mol. The summed E-state index contributed by atoms with van der Waals surface area (Å²) in [6, 6.07) is 8.74. The van der Waals surface area contributed by atoms with Crippen LogP contribution in [0.5, 0.6) is 5.75 Å². The van der Waals surface area contributed by atoms with Gasteiger partial charge in [0.25, 0.3) is 0 Å². The smallest absolute Gasteiger partial charge is 0.235 e. The minimum absolute atomic E-state index is 0.0273. The van der Waals surface area contributed by atoms with E-state index in [4.69, 9.17) is 5.73 Å². The maximum Gasteiger partial charge on any atom is 0.235 e. The fourth-order valence-electron chi connectivity index (χ4n) is 6.81. The van der Waals surface area contributed by atoms with Gasteiger partial charge in [0.1, 0.15) is 5.75 Å². The lowest BCUT2D eigenvalue weighted by Crippen LogP contribution is -2.74. The Morgan fingerprint density at radius 3 is 2.25 bits per heavy atom. The highest BCUT2D eigenvalue weighted by molar-refractivity contribution is 6.32. The molecule has 11 heteroatoms. The molecule has 0 saturated heterocycles. The van der Waals surface area contributed by atoms with Crippen molar-refractivity contribution in [1.29, 1.82) is 0 Å². The Hall–Kier alpha value is -4.22. The predicted molar refractivity (Wildman–Crippen MR) is 141 cm³/mol. The molecule has 0 bridgehead atoms. The molecule has 5 rings (SSSR count). The number of carbonyl (C=O) groups excluding carboxylic acids is 6. The summed E-state index contributed by atoms with van der Waals surface area (Å²) in [4.78, 5) is 79.2. The number of nitrogens with one attached hydrogen (secondary N) is 1. The van der Waals surface area contributed by atoms with Gasteiger partial charge >= 0.3 is 0 Å². The molecule has 40 heavy (non-hydrogen) atoms. The molecule has 5 N–H and O–H groups in total. The number of hydrogen-bond acceptors (Lipinski definition) is 9. The highest BCUT2D eigenvalue weighted by atomic mass is 16.3. The summed E-state index contributed by atoms with van der Waals surface area (Å²) in [5.41, 5.74) is 4.92. The molecule has 0 spiro atoms. The second-order valence-corrected chi connectivity index (χ2v) is 11.0. The van der Waals surface area contributed by atoms with Crippen LogP contribution in [-0.2, 0) is 30.4 Å². The molecule has 208 valence electrons. The molecule has 0 aliphatic heterocycles. The van der Waals surface area contributed by atoms with E-state index in [2.05, 4.69) is 5.32 Å². The number of nitrogens with two attached hydrogens (primary N) is 1. The number of fused-ring (bicyclic) bond motifs is 3. The standard InChI is InChI=1S/C29H29N3O8/c1-12(33)31-15-6-4-13(5-7-15)16-8-9-19(34)21-17(16)10-14-11-18-23(32(2)3)25(36)22(28(30)39)27(38)29(18,40)26(37)20(14)24(21)35/h4-9,14,18,20,22-23,34,40H,10-11H2,1-3H3,(H2,30,39)(H,31,33)/t14-,18-,20?,22?,23-,29-/m1/s1. The molecule has 0 radical (unpaired) electrons.